The van der Waals surface area contributed by atoms with E-state index in [2.05, 4.69) is 73.2 Å². The second-order valence-electron chi connectivity index (χ2n) is 11.7. The minimum Gasteiger partial charge on any atom is -0.375 e. The van der Waals surface area contributed by atoms with Crippen LogP contribution in [0.4, 0.5) is 0 Å². The molecule has 3 unspecified atom stereocenters. The van der Waals surface area contributed by atoms with E-state index >= 15 is 0 Å². The molecule has 4 saturated heterocycles. The number of carbonyl (C=O) groups excluding carboxylic acids is 1. The molecule has 2 spiro atoms. The largest absolute Gasteiger partial charge is 0.375 e. The average Bonchev–Trinajstić information content (AvgIpc) is 3.34. The zero-order valence-electron chi connectivity index (χ0n) is 20.0. The molecular formula is C27H35N3O2. The van der Waals surface area contributed by atoms with Crippen molar-refractivity contribution in [3.8, 4) is 0 Å². The summed E-state index contributed by atoms with van der Waals surface area (Å²) in [7, 11) is 1.75. The molecule has 5 nitrogen and oxygen atoms in total. The Hall–Kier alpha value is -2.11. The first-order chi connectivity index (χ1) is 15.1. The van der Waals surface area contributed by atoms with Crippen molar-refractivity contribution in [2.75, 3.05) is 20.2 Å². The molecule has 1 aromatic heterocycles. The van der Waals surface area contributed by atoms with E-state index < -0.39 is 0 Å². The van der Waals surface area contributed by atoms with E-state index in [-0.39, 0.29) is 28.0 Å². The molecular weight excluding hydrogens is 398 g/mol. The Bertz CT molecular complexity index is 1160. The number of aromatic amines is 1. The normalized spacial score (nSPS) is 33.4. The van der Waals surface area contributed by atoms with Crippen molar-refractivity contribution < 1.29 is 9.53 Å². The number of para-hydroxylation sites is 1. The van der Waals surface area contributed by atoms with E-state index in [0.717, 1.165) is 38.8 Å². The molecule has 0 radical (unpaired) electrons. The van der Waals surface area contributed by atoms with Crippen LogP contribution in [0.5, 0.6) is 0 Å². The first-order valence-corrected chi connectivity index (χ1v) is 12.1. The standard InChI is InChI=1S/C27H35N3O2/c1-24(2,32-5)12-10-17-8-6-9-18-19-14-26-16-30-13-7-11-27(30,23(31)29-26)15-20(26)25(3,4)22(19)28-21(17)18/h6,8-10,12,20,28H,7,11,13-16H2,1-5H3,(H,29,31)/b12-10+. The summed E-state index contributed by atoms with van der Waals surface area (Å²) in [5.74, 6) is 0.719. The highest BCUT2D eigenvalue weighted by Crippen LogP contribution is 2.58. The lowest BCUT2D eigenvalue weighted by Gasteiger charge is -2.65. The summed E-state index contributed by atoms with van der Waals surface area (Å²) >= 11 is 0. The molecule has 32 heavy (non-hydrogen) atoms. The predicted molar refractivity (Wildman–Crippen MR) is 128 cm³/mol. The first kappa shape index (κ1) is 20.5. The maximum absolute atomic E-state index is 13.3. The number of hydrogen-bond donors (Lipinski definition) is 2. The summed E-state index contributed by atoms with van der Waals surface area (Å²) in [6, 6.07) is 6.57. The van der Waals surface area contributed by atoms with Gasteiger partial charge in [0.2, 0.25) is 5.91 Å². The van der Waals surface area contributed by atoms with Crippen LogP contribution >= 0.6 is 0 Å². The SMILES string of the molecule is COC(C)(C)/C=C/c1cccc2c3c([nH]c12)C(C)(C)C1CC24CCCN2CC1(C3)NC4=O. The number of fused-ring (bicyclic) bond motifs is 4. The van der Waals surface area contributed by atoms with Gasteiger partial charge in [0.25, 0.3) is 0 Å². The number of benzene rings is 1. The number of ether oxygens (including phenoxy) is 1. The fourth-order valence-corrected chi connectivity index (χ4v) is 7.38. The zero-order valence-corrected chi connectivity index (χ0v) is 20.0. The van der Waals surface area contributed by atoms with Gasteiger partial charge in [0.1, 0.15) is 5.54 Å². The minimum atomic E-state index is -0.309. The number of nitrogens with one attached hydrogen (secondary N) is 2. The number of amides is 1. The Kier molecular flexibility index (Phi) is 4.01. The number of piperazine rings is 1. The Morgan fingerprint density at radius 3 is 2.88 bits per heavy atom. The number of aromatic nitrogens is 1. The van der Waals surface area contributed by atoms with E-state index in [9.17, 15) is 4.79 Å². The second kappa shape index (κ2) is 6.27. The fraction of sp³-hybridized carbons (Fsp3) is 0.593. The van der Waals surface area contributed by atoms with Gasteiger partial charge < -0.3 is 15.0 Å². The molecule has 4 fully saturated rings. The monoisotopic (exact) mass is 433 g/mol. The Morgan fingerprint density at radius 2 is 2.09 bits per heavy atom. The number of hydrogen-bond acceptors (Lipinski definition) is 3. The Labute approximate surface area is 190 Å². The van der Waals surface area contributed by atoms with E-state index in [4.69, 9.17) is 4.74 Å². The number of nitrogens with zero attached hydrogens (tertiary/aromatic N) is 1. The van der Waals surface area contributed by atoms with Crippen molar-refractivity contribution in [2.24, 2.45) is 5.92 Å². The van der Waals surface area contributed by atoms with Gasteiger partial charge in [-0.15, -0.1) is 0 Å². The second-order valence-corrected chi connectivity index (χ2v) is 11.7. The quantitative estimate of drug-likeness (QED) is 0.764. The molecule has 4 aliphatic heterocycles. The Morgan fingerprint density at radius 1 is 1.28 bits per heavy atom. The van der Waals surface area contributed by atoms with Crippen molar-refractivity contribution in [2.45, 2.75) is 75.5 Å². The van der Waals surface area contributed by atoms with Crippen LogP contribution in [0.2, 0.25) is 0 Å². The van der Waals surface area contributed by atoms with Gasteiger partial charge in [-0.05, 0) is 63.1 Å². The van der Waals surface area contributed by atoms with Gasteiger partial charge in [-0.3, -0.25) is 9.69 Å². The molecule has 5 aliphatic rings. The number of piperidine rings is 2. The molecule has 5 heteroatoms. The molecule has 7 rings (SSSR count). The summed E-state index contributed by atoms with van der Waals surface area (Å²) in [6.45, 7) is 11.0. The first-order valence-electron chi connectivity index (χ1n) is 12.1. The molecule has 170 valence electrons. The van der Waals surface area contributed by atoms with Crippen LogP contribution in [0, 0.1) is 5.92 Å². The van der Waals surface area contributed by atoms with Crippen LogP contribution in [0.25, 0.3) is 17.0 Å². The highest BCUT2D eigenvalue weighted by Gasteiger charge is 2.68. The number of carbonyl (C=O) groups is 1. The molecule has 2 N–H and O–H groups in total. The number of H-pyrrole nitrogens is 1. The van der Waals surface area contributed by atoms with Crippen molar-refractivity contribution in [1.29, 1.82) is 0 Å². The number of rotatable bonds is 3. The van der Waals surface area contributed by atoms with Crippen LogP contribution in [-0.2, 0) is 21.4 Å². The maximum atomic E-state index is 13.3. The molecule has 2 bridgehead atoms. The van der Waals surface area contributed by atoms with Crippen molar-refractivity contribution >= 4 is 22.9 Å². The molecule has 1 aliphatic carbocycles. The molecule has 1 amide bonds. The predicted octanol–water partition coefficient (Wildman–Crippen LogP) is 4.16. The van der Waals surface area contributed by atoms with Crippen LogP contribution in [-0.4, -0.2) is 52.7 Å². The molecule has 0 saturated carbocycles. The van der Waals surface area contributed by atoms with Gasteiger partial charge in [-0.25, -0.2) is 0 Å². The van der Waals surface area contributed by atoms with Gasteiger partial charge in [-0.2, -0.15) is 0 Å². The van der Waals surface area contributed by atoms with E-state index in [1.165, 1.54) is 27.7 Å². The highest BCUT2D eigenvalue weighted by atomic mass is 16.5. The minimum absolute atomic E-state index is 0.0330. The van der Waals surface area contributed by atoms with Crippen LogP contribution in [0.15, 0.2) is 24.3 Å². The van der Waals surface area contributed by atoms with Gasteiger partial charge >= 0.3 is 0 Å². The van der Waals surface area contributed by atoms with Crippen molar-refractivity contribution in [1.82, 2.24) is 15.2 Å². The average molecular weight is 434 g/mol. The van der Waals surface area contributed by atoms with Gasteiger partial charge in [0, 0.05) is 30.1 Å². The van der Waals surface area contributed by atoms with E-state index in [1.807, 2.05) is 0 Å². The zero-order chi connectivity index (χ0) is 22.5. The van der Waals surface area contributed by atoms with Crippen molar-refractivity contribution in [3.63, 3.8) is 0 Å². The lowest BCUT2D eigenvalue weighted by Crippen LogP contribution is -2.82. The van der Waals surface area contributed by atoms with E-state index in [0.29, 0.717) is 5.92 Å². The third-order valence-electron chi connectivity index (χ3n) is 9.26. The lowest BCUT2D eigenvalue weighted by molar-refractivity contribution is -0.160. The molecule has 2 aromatic rings. The Balaban J connectivity index is 1.50. The van der Waals surface area contributed by atoms with Gasteiger partial charge in [0.05, 0.1) is 16.7 Å². The molecule has 5 heterocycles. The van der Waals surface area contributed by atoms with Crippen LogP contribution in [0.1, 0.15) is 63.8 Å². The summed E-state index contributed by atoms with van der Waals surface area (Å²) < 4.78 is 5.59. The van der Waals surface area contributed by atoms with Crippen molar-refractivity contribution in [3.05, 3.63) is 41.1 Å². The molecule has 1 aromatic carbocycles. The summed E-state index contributed by atoms with van der Waals surface area (Å²) in [4.78, 5) is 19.7. The lowest BCUT2D eigenvalue weighted by atomic mass is 9.51. The van der Waals surface area contributed by atoms with Crippen LogP contribution in [0.3, 0.4) is 0 Å². The van der Waals surface area contributed by atoms with Crippen LogP contribution < -0.4 is 5.32 Å². The topological polar surface area (TPSA) is 57.4 Å². The molecule has 3 atom stereocenters. The summed E-state index contributed by atoms with van der Waals surface area (Å²) in [6.07, 6.45) is 8.33. The third-order valence-corrected chi connectivity index (χ3v) is 9.26. The fourth-order valence-electron chi connectivity index (χ4n) is 7.38. The highest BCUT2D eigenvalue weighted by molar-refractivity contribution is 5.94. The smallest absolute Gasteiger partial charge is 0.241 e. The maximum Gasteiger partial charge on any atom is 0.241 e. The summed E-state index contributed by atoms with van der Waals surface area (Å²) in [5.41, 5.74) is 4.35. The van der Waals surface area contributed by atoms with Gasteiger partial charge in [0.15, 0.2) is 0 Å². The number of methoxy groups -OCH3 is 1. The van der Waals surface area contributed by atoms with E-state index in [1.54, 1.807) is 7.11 Å². The van der Waals surface area contributed by atoms with Gasteiger partial charge in [-0.1, -0.05) is 44.2 Å². The summed E-state index contributed by atoms with van der Waals surface area (Å²) in [5, 5.41) is 4.88. The third kappa shape index (κ3) is 2.50.